The molecule has 3 aromatic rings. The predicted octanol–water partition coefficient (Wildman–Crippen LogP) is 3.83. The first-order valence-corrected chi connectivity index (χ1v) is 9.88. The number of aromatic nitrogens is 2. The van der Waals surface area contributed by atoms with E-state index in [0.29, 0.717) is 25.5 Å². The number of rotatable bonds is 4. The van der Waals surface area contributed by atoms with Crippen molar-refractivity contribution in [3.05, 3.63) is 84.2 Å². The van der Waals surface area contributed by atoms with Crippen molar-refractivity contribution in [1.29, 1.82) is 0 Å². The van der Waals surface area contributed by atoms with Crippen LogP contribution in [0, 0.1) is 0 Å². The van der Waals surface area contributed by atoms with Gasteiger partial charge in [0, 0.05) is 36.8 Å². The first-order chi connectivity index (χ1) is 14.6. The van der Waals surface area contributed by atoms with Crippen molar-refractivity contribution in [2.24, 2.45) is 4.99 Å². The lowest BCUT2D eigenvalue weighted by molar-refractivity contribution is 0.136. The number of hydrogen-bond donors (Lipinski definition) is 1. The first kappa shape index (κ1) is 19.6. The molecule has 0 bridgehead atoms. The molecular weight excluding hydrogens is 378 g/mol. The van der Waals surface area contributed by atoms with Crippen molar-refractivity contribution in [3.63, 3.8) is 0 Å². The lowest BCUT2D eigenvalue weighted by Crippen LogP contribution is -2.53. The van der Waals surface area contributed by atoms with E-state index in [1.54, 1.807) is 12.4 Å². The summed E-state index contributed by atoms with van der Waals surface area (Å²) in [6, 6.07) is 20.0. The fourth-order valence-electron chi connectivity index (χ4n) is 3.59. The van der Waals surface area contributed by atoms with Crippen LogP contribution in [0.15, 0.2) is 78.0 Å². The molecule has 2 heterocycles. The number of amides is 1. The highest BCUT2D eigenvalue weighted by atomic mass is 16.4. The molecule has 4 rings (SSSR count). The van der Waals surface area contributed by atoms with Crippen LogP contribution in [0.2, 0.25) is 0 Å². The minimum Gasteiger partial charge on any atom is -0.465 e. The number of hydrogen-bond acceptors (Lipinski definition) is 5. The van der Waals surface area contributed by atoms with Crippen LogP contribution >= 0.6 is 0 Å². The maximum absolute atomic E-state index is 11.2. The molecule has 7 nitrogen and oxygen atoms in total. The fourth-order valence-corrected chi connectivity index (χ4v) is 3.59. The van der Waals surface area contributed by atoms with Gasteiger partial charge in [-0.05, 0) is 6.92 Å². The molecule has 0 radical (unpaired) electrons. The summed E-state index contributed by atoms with van der Waals surface area (Å²) >= 11 is 0. The summed E-state index contributed by atoms with van der Waals surface area (Å²) in [7, 11) is 0. The predicted molar refractivity (Wildman–Crippen MR) is 117 cm³/mol. The van der Waals surface area contributed by atoms with Crippen molar-refractivity contribution in [1.82, 2.24) is 14.9 Å². The maximum atomic E-state index is 11.2. The van der Waals surface area contributed by atoms with Crippen molar-refractivity contribution in [3.8, 4) is 0 Å². The highest BCUT2D eigenvalue weighted by Gasteiger charge is 2.27. The molecular formula is C23H23N5O2. The molecule has 7 heteroatoms. The molecule has 1 aliphatic heterocycles. The molecule has 2 aromatic carbocycles. The van der Waals surface area contributed by atoms with Crippen LogP contribution in [0.4, 0.5) is 16.4 Å². The van der Waals surface area contributed by atoms with Gasteiger partial charge in [-0.25, -0.2) is 19.8 Å². The normalized spacial score (nSPS) is 16.2. The Labute approximate surface area is 175 Å². The number of anilines is 1. The second kappa shape index (κ2) is 8.73. The van der Waals surface area contributed by atoms with Crippen LogP contribution in [0.3, 0.4) is 0 Å². The van der Waals surface area contributed by atoms with Crippen molar-refractivity contribution < 1.29 is 9.90 Å². The van der Waals surface area contributed by atoms with E-state index in [-0.39, 0.29) is 6.04 Å². The summed E-state index contributed by atoms with van der Waals surface area (Å²) in [5, 5.41) is 9.19. The van der Waals surface area contributed by atoms with Gasteiger partial charge in [0.1, 0.15) is 5.82 Å². The quantitative estimate of drug-likeness (QED) is 0.672. The molecule has 1 aliphatic rings. The largest absolute Gasteiger partial charge is 0.465 e. The lowest BCUT2D eigenvalue weighted by atomic mass is 10.0. The number of piperazine rings is 1. The fraction of sp³-hybridized carbons (Fsp3) is 0.217. The monoisotopic (exact) mass is 401 g/mol. The molecule has 1 saturated heterocycles. The molecule has 0 saturated carbocycles. The Hall–Kier alpha value is -3.74. The molecule has 1 N–H and O–H groups in total. The molecule has 0 unspecified atom stereocenters. The number of carbonyl (C=O) groups is 1. The average Bonchev–Trinajstić information content (AvgIpc) is 2.79. The summed E-state index contributed by atoms with van der Waals surface area (Å²) in [6.07, 6.45) is 2.49. The second-order valence-corrected chi connectivity index (χ2v) is 7.20. The molecule has 0 spiro atoms. The zero-order valence-corrected chi connectivity index (χ0v) is 16.7. The van der Waals surface area contributed by atoms with Gasteiger partial charge in [0.25, 0.3) is 0 Å². The third kappa shape index (κ3) is 4.30. The molecule has 152 valence electrons. The standard InChI is InChI=1S/C23H23N5O2/c1-17-16-27(23(29)30)12-13-28(17)21-15-24-20(14-25-21)26-22(18-8-4-2-5-9-18)19-10-6-3-7-11-19/h2-11,14-15,17H,12-13,16H2,1H3,(H,29,30)/t17-/m0/s1. The van der Waals surface area contributed by atoms with E-state index < -0.39 is 6.09 Å². The van der Waals surface area contributed by atoms with Gasteiger partial charge in [-0.3, -0.25) is 0 Å². The molecule has 1 aromatic heterocycles. The van der Waals surface area contributed by atoms with E-state index >= 15 is 0 Å². The van der Waals surface area contributed by atoms with Gasteiger partial charge in [-0.2, -0.15) is 0 Å². The van der Waals surface area contributed by atoms with E-state index in [4.69, 9.17) is 4.99 Å². The minimum absolute atomic E-state index is 0.0303. The van der Waals surface area contributed by atoms with Crippen molar-refractivity contribution in [2.45, 2.75) is 13.0 Å². The lowest BCUT2D eigenvalue weighted by Gasteiger charge is -2.39. The smallest absolute Gasteiger partial charge is 0.407 e. The summed E-state index contributed by atoms with van der Waals surface area (Å²) in [6.45, 7) is 3.48. The Balaban J connectivity index is 1.59. The van der Waals surface area contributed by atoms with Crippen LogP contribution < -0.4 is 4.90 Å². The van der Waals surface area contributed by atoms with Crippen LogP contribution in [-0.2, 0) is 0 Å². The minimum atomic E-state index is -0.883. The van der Waals surface area contributed by atoms with E-state index in [0.717, 1.165) is 22.7 Å². The van der Waals surface area contributed by atoms with Gasteiger partial charge in [-0.15, -0.1) is 0 Å². The summed E-state index contributed by atoms with van der Waals surface area (Å²) in [5.74, 6) is 1.26. The van der Waals surface area contributed by atoms with Crippen LogP contribution in [0.5, 0.6) is 0 Å². The van der Waals surface area contributed by atoms with Crippen LogP contribution in [0.25, 0.3) is 0 Å². The summed E-state index contributed by atoms with van der Waals surface area (Å²) in [5.41, 5.74) is 2.85. The first-order valence-electron chi connectivity index (χ1n) is 9.88. The van der Waals surface area contributed by atoms with Gasteiger partial charge >= 0.3 is 6.09 Å². The average molecular weight is 401 g/mol. The number of benzene rings is 2. The molecule has 1 fully saturated rings. The molecule has 1 amide bonds. The van der Waals surface area contributed by atoms with Gasteiger partial charge in [0.15, 0.2) is 5.82 Å². The SMILES string of the molecule is C[C@H]1CN(C(=O)O)CCN1c1cnc(N=C(c2ccccc2)c2ccccc2)cn1. The van der Waals surface area contributed by atoms with E-state index in [2.05, 4.69) is 14.9 Å². The van der Waals surface area contributed by atoms with Gasteiger partial charge in [0.2, 0.25) is 0 Å². The summed E-state index contributed by atoms with van der Waals surface area (Å²) in [4.78, 5) is 28.5. The van der Waals surface area contributed by atoms with E-state index in [1.807, 2.05) is 67.6 Å². The van der Waals surface area contributed by atoms with Crippen molar-refractivity contribution >= 4 is 23.4 Å². The third-order valence-electron chi connectivity index (χ3n) is 5.14. The Morgan fingerprint density at radius 2 is 1.60 bits per heavy atom. The van der Waals surface area contributed by atoms with E-state index in [9.17, 15) is 9.90 Å². The Morgan fingerprint density at radius 1 is 0.967 bits per heavy atom. The Morgan fingerprint density at radius 3 is 2.10 bits per heavy atom. The molecule has 1 atom stereocenters. The molecule has 30 heavy (non-hydrogen) atoms. The van der Waals surface area contributed by atoms with Gasteiger partial charge in [0.05, 0.1) is 18.1 Å². The number of aliphatic imine (C=N–C) groups is 1. The Bertz CT molecular complexity index is 981. The zero-order chi connectivity index (χ0) is 20.9. The topological polar surface area (TPSA) is 81.9 Å². The molecule has 0 aliphatic carbocycles. The maximum Gasteiger partial charge on any atom is 0.407 e. The van der Waals surface area contributed by atoms with Crippen LogP contribution in [-0.4, -0.2) is 57.5 Å². The zero-order valence-electron chi connectivity index (χ0n) is 16.7. The van der Waals surface area contributed by atoms with Gasteiger partial charge in [-0.1, -0.05) is 60.7 Å². The van der Waals surface area contributed by atoms with Crippen molar-refractivity contribution in [2.75, 3.05) is 24.5 Å². The summed E-state index contributed by atoms with van der Waals surface area (Å²) < 4.78 is 0. The highest BCUT2D eigenvalue weighted by Crippen LogP contribution is 2.21. The second-order valence-electron chi connectivity index (χ2n) is 7.20. The Kier molecular flexibility index (Phi) is 5.70. The number of carboxylic acid groups (broad SMARTS) is 1. The highest BCUT2D eigenvalue weighted by molar-refractivity contribution is 6.13. The van der Waals surface area contributed by atoms with E-state index in [1.165, 1.54) is 4.90 Å². The third-order valence-corrected chi connectivity index (χ3v) is 5.14. The van der Waals surface area contributed by atoms with Crippen LogP contribution in [0.1, 0.15) is 18.1 Å². The van der Waals surface area contributed by atoms with Gasteiger partial charge < -0.3 is 14.9 Å². The number of nitrogens with zero attached hydrogens (tertiary/aromatic N) is 5.